The monoisotopic (exact) mass is 1160 g/mol. The molecule has 1 unspecified atom stereocenters. The minimum Gasteiger partial charge on any atom is -0.462 e. The zero-order valence-electron chi connectivity index (χ0n) is 54.9. The van der Waals surface area contributed by atoms with Crippen molar-refractivity contribution in [2.24, 2.45) is 0 Å². The Labute approximate surface area is 515 Å². The fourth-order valence-electron chi connectivity index (χ4n) is 10.2. The predicted molar refractivity (Wildman–Crippen MR) is 362 cm³/mol. The van der Waals surface area contributed by atoms with E-state index in [1.807, 2.05) is 0 Å². The molecule has 0 aromatic carbocycles. The number of carbonyl (C=O) groups excluding carboxylic acids is 3. The largest absolute Gasteiger partial charge is 0.462 e. The Morgan fingerprint density at radius 1 is 0.253 bits per heavy atom. The first-order valence-electron chi connectivity index (χ1n) is 35.7. The average molecular weight is 1160 g/mol. The van der Waals surface area contributed by atoms with Crippen LogP contribution in [0.2, 0.25) is 0 Å². The van der Waals surface area contributed by atoms with Gasteiger partial charge in [-0.2, -0.15) is 0 Å². The number of carbonyl (C=O) groups is 3. The molecule has 0 bridgehead atoms. The third-order valence-electron chi connectivity index (χ3n) is 15.6. The van der Waals surface area contributed by atoms with E-state index in [9.17, 15) is 14.4 Å². The number of hydrogen-bond donors (Lipinski definition) is 0. The highest BCUT2D eigenvalue weighted by Crippen LogP contribution is 2.18. The molecule has 0 saturated heterocycles. The van der Waals surface area contributed by atoms with E-state index in [1.165, 1.54) is 199 Å². The lowest BCUT2D eigenvalue weighted by Crippen LogP contribution is -2.30. The lowest BCUT2D eigenvalue weighted by molar-refractivity contribution is -0.167. The molecular weight excluding hydrogens is 1020 g/mol. The zero-order chi connectivity index (χ0) is 59.9. The van der Waals surface area contributed by atoms with Gasteiger partial charge in [0.05, 0.1) is 0 Å². The third kappa shape index (κ3) is 69.0. The number of unbranched alkanes of at least 4 members (excludes halogenated alkanes) is 38. The Kier molecular flexibility index (Phi) is 67.7. The van der Waals surface area contributed by atoms with E-state index in [-0.39, 0.29) is 31.1 Å². The van der Waals surface area contributed by atoms with Crippen molar-refractivity contribution in [3.63, 3.8) is 0 Å². The molecule has 0 aromatic heterocycles. The fraction of sp³-hybridized carbons (Fsp3) is 0.753. The molecule has 0 spiro atoms. The summed E-state index contributed by atoms with van der Waals surface area (Å²) in [7, 11) is 0. The van der Waals surface area contributed by atoms with Crippen LogP contribution in [0.4, 0.5) is 0 Å². The molecule has 478 valence electrons. The summed E-state index contributed by atoms with van der Waals surface area (Å²) < 4.78 is 17.0. The molecule has 6 nitrogen and oxygen atoms in total. The highest BCUT2D eigenvalue weighted by atomic mass is 16.6. The van der Waals surface area contributed by atoms with E-state index in [4.69, 9.17) is 14.2 Å². The maximum absolute atomic E-state index is 13.0. The molecule has 0 aliphatic carbocycles. The first-order chi connectivity index (χ1) is 41.0. The quantitative estimate of drug-likeness (QED) is 0.0261. The van der Waals surface area contributed by atoms with Crippen LogP contribution in [0.5, 0.6) is 0 Å². The number of allylic oxidation sites excluding steroid dienone is 16. The molecule has 0 aliphatic heterocycles. The summed E-state index contributed by atoms with van der Waals surface area (Å²) in [6, 6.07) is 0. The predicted octanol–water partition coefficient (Wildman–Crippen LogP) is 24.8. The molecule has 0 fully saturated rings. The van der Waals surface area contributed by atoms with Crippen molar-refractivity contribution in [2.45, 2.75) is 361 Å². The van der Waals surface area contributed by atoms with Gasteiger partial charge in [-0.1, -0.05) is 336 Å². The van der Waals surface area contributed by atoms with Crippen LogP contribution in [-0.4, -0.2) is 37.2 Å². The smallest absolute Gasteiger partial charge is 0.306 e. The maximum atomic E-state index is 13.0. The molecule has 0 amide bonds. The van der Waals surface area contributed by atoms with Gasteiger partial charge in [0, 0.05) is 19.3 Å². The normalized spacial score (nSPS) is 12.7. The lowest BCUT2D eigenvalue weighted by Gasteiger charge is -2.18. The molecule has 1 atom stereocenters. The van der Waals surface area contributed by atoms with Crippen LogP contribution in [0.15, 0.2) is 97.2 Å². The summed E-state index contributed by atoms with van der Waals surface area (Å²) in [6.07, 6.45) is 95.8. The van der Waals surface area contributed by atoms with Crippen LogP contribution >= 0.6 is 0 Å². The molecule has 0 rings (SSSR count). The minimum atomic E-state index is -0.785. The molecular formula is C77H134O6. The summed E-state index contributed by atoms with van der Waals surface area (Å²) in [5, 5.41) is 0. The summed E-state index contributed by atoms with van der Waals surface area (Å²) in [5.74, 6) is -0.881. The van der Waals surface area contributed by atoms with Gasteiger partial charge in [0.25, 0.3) is 0 Å². The summed E-state index contributed by atoms with van der Waals surface area (Å²) in [4.78, 5) is 38.5. The third-order valence-corrected chi connectivity index (χ3v) is 15.6. The van der Waals surface area contributed by atoms with Gasteiger partial charge < -0.3 is 14.2 Å². The Hall–Kier alpha value is -3.67. The SMILES string of the molecule is CC/C=C\C/C=C\C/C=C\C/C=C\C/C=C\C/C=C\CCCCCCCCCCCCC(=O)OCC(COC(=O)CCCCCCC/C=C\C/C=C\CCCC)OC(=O)CCCCCCCCCCCCCCCCCCCCCCCC. The van der Waals surface area contributed by atoms with Crippen molar-refractivity contribution in [1.82, 2.24) is 0 Å². The van der Waals surface area contributed by atoms with Crippen LogP contribution in [-0.2, 0) is 28.6 Å². The molecule has 0 heterocycles. The second-order valence-electron chi connectivity index (χ2n) is 23.8. The molecule has 83 heavy (non-hydrogen) atoms. The van der Waals surface area contributed by atoms with Gasteiger partial charge in [0.1, 0.15) is 13.2 Å². The van der Waals surface area contributed by atoms with Gasteiger partial charge in [-0.25, -0.2) is 0 Å². The van der Waals surface area contributed by atoms with Crippen LogP contribution in [0, 0.1) is 0 Å². The molecule has 0 aliphatic rings. The van der Waals surface area contributed by atoms with Crippen LogP contribution in [0.1, 0.15) is 355 Å². The Morgan fingerprint density at radius 3 is 0.771 bits per heavy atom. The maximum Gasteiger partial charge on any atom is 0.306 e. The van der Waals surface area contributed by atoms with E-state index in [2.05, 4.69) is 118 Å². The Balaban J connectivity index is 4.29. The van der Waals surface area contributed by atoms with Crippen molar-refractivity contribution in [2.75, 3.05) is 13.2 Å². The lowest BCUT2D eigenvalue weighted by atomic mass is 10.0. The van der Waals surface area contributed by atoms with Gasteiger partial charge in [-0.05, 0) is 96.3 Å². The summed E-state index contributed by atoms with van der Waals surface area (Å²) >= 11 is 0. The van der Waals surface area contributed by atoms with E-state index in [0.717, 1.165) is 116 Å². The standard InChI is InChI=1S/C77H134O6/c1-4-7-10-13-16-19-22-25-28-30-32-34-36-37-38-39-40-41-42-44-45-47-49-52-55-58-61-64-67-70-76(79)82-73-74(72-81-75(78)69-66-63-60-57-54-51-27-24-21-18-15-12-9-6-3)83-77(80)71-68-65-62-59-56-53-50-48-46-43-35-33-31-29-26-23-20-17-14-11-8-5-2/h7,10,15-16,18-19,24-25,27-28,32,34,37-38,40-41,74H,4-6,8-9,11-14,17,20-23,26,29-31,33,35-36,39,42-73H2,1-3H3/b10-7-,18-15-,19-16-,27-24-,28-25-,34-32-,38-37-,41-40-. The van der Waals surface area contributed by atoms with E-state index in [0.29, 0.717) is 19.3 Å². The first-order valence-corrected chi connectivity index (χ1v) is 35.7. The second-order valence-corrected chi connectivity index (χ2v) is 23.8. The van der Waals surface area contributed by atoms with E-state index >= 15 is 0 Å². The van der Waals surface area contributed by atoms with Crippen molar-refractivity contribution in [1.29, 1.82) is 0 Å². The number of ether oxygens (including phenoxy) is 3. The highest BCUT2D eigenvalue weighted by molar-refractivity contribution is 5.71. The van der Waals surface area contributed by atoms with E-state index in [1.54, 1.807) is 0 Å². The van der Waals surface area contributed by atoms with Crippen molar-refractivity contribution >= 4 is 17.9 Å². The number of esters is 3. The van der Waals surface area contributed by atoms with Crippen molar-refractivity contribution < 1.29 is 28.6 Å². The van der Waals surface area contributed by atoms with Gasteiger partial charge in [-0.3, -0.25) is 14.4 Å². The molecule has 0 N–H and O–H groups in total. The molecule has 0 saturated carbocycles. The van der Waals surface area contributed by atoms with Crippen LogP contribution in [0.3, 0.4) is 0 Å². The van der Waals surface area contributed by atoms with Crippen molar-refractivity contribution in [3.05, 3.63) is 97.2 Å². The molecule has 0 radical (unpaired) electrons. The topological polar surface area (TPSA) is 78.9 Å². The zero-order valence-corrected chi connectivity index (χ0v) is 54.9. The van der Waals surface area contributed by atoms with Gasteiger partial charge in [-0.15, -0.1) is 0 Å². The highest BCUT2D eigenvalue weighted by Gasteiger charge is 2.19. The van der Waals surface area contributed by atoms with Crippen LogP contribution < -0.4 is 0 Å². The fourth-order valence-corrected chi connectivity index (χ4v) is 10.2. The molecule has 0 aromatic rings. The van der Waals surface area contributed by atoms with Crippen LogP contribution in [0.25, 0.3) is 0 Å². The van der Waals surface area contributed by atoms with E-state index < -0.39 is 6.10 Å². The summed E-state index contributed by atoms with van der Waals surface area (Å²) in [6.45, 7) is 6.52. The summed E-state index contributed by atoms with van der Waals surface area (Å²) in [5.41, 5.74) is 0. The number of hydrogen-bond acceptors (Lipinski definition) is 6. The Bertz CT molecular complexity index is 1610. The Morgan fingerprint density at radius 2 is 0.482 bits per heavy atom. The first kappa shape index (κ1) is 79.3. The minimum absolute atomic E-state index is 0.0812. The van der Waals surface area contributed by atoms with Gasteiger partial charge in [0.2, 0.25) is 0 Å². The van der Waals surface area contributed by atoms with Crippen molar-refractivity contribution in [3.8, 4) is 0 Å². The number of rotatable bonds is 65. The molecule has 6 heteroatoms. The van der Waals surface area contributed by atoms with Gasteiger partial charge >= 0.3 is 17.9 Å². The van der Waals surface area contributed by atoms with Gasteiger partial charge in [0.15, 0.2) is 6.10 Å². The second kappa shape index (κ2) is 70.8. The average Bonchev–Trinajstić information content (AvgIpc) is 3.49.